The molecular formula is C12H13ClN4. The summed E-state index contributed by atoms with van der Waals surface area (Å²) in [6.07, 6.45) is 1.79. The molecule has 0 saturated carbocycles. The van der Waals surface area contributed by atoms with Gasteiger partial charge in [-0.05, 0) is 31.2 Å². The number of aromatic nitrogens is 3. The van der Waals surface area contributed by atoms with Crippen molar-refractivity contribution in [2.24, 2.45) is 0 Å². The van der Waals surface area contributed by atoms with Gasteiger partial charge in [0, 0.05) is 12.7 Å². The molecule has 88 valence electrons. The quantitative estimate of drug-likeness (QED) is 0.834. The first-order valence-corrected chi connectivity index (χ1v) is 5.81. The van der Waals surface area contributed by atoms with Crippen LogP contribution in [-0.2, 0) is 6.54 Å². The molecule has 4 nitrogen and oxygen atoms in total. The summed E-state index contributed by atoms with van der Waals surface area (Å²) in [5, 5.41) is 8.31. The van der Waals surface area contributed by atoms with Gasteiger partial charge >= 0.3 is 0 Å². The number of hydrogen-bond acceptors (Lipinski definition) is 4. The minimum Gasteiger partial charge on any atom is -0.350 e. The van der Waals surface area contributed by atoms with Gasteiger partial charge in [0.15, 0.2) is 11.0 Å². The molecule has 0 unspecified atom stereocenters. The van der Waals surface area contributed by atoms with Gasteiger partial charge in [-0.2, -0.15) is 0 Å². The topological polar surface area (TPSA) is 41.9 Å². The number of nitrogens with zero attached hydrogens (tertiary/aromatic N) is 4. The lowest BCUT2D eigenvalue weighted by Gasteiger charge is -2.20. The molecule has 0 aliphatic carbocycles. The van der Waals surface area contributed by atoms with Crippen molar-refractivity contribution >= 4 is 17.4 Å². The molecular weight excluding hydrogens is 236 g/mol. The predicted octanol–water partition coefficient (Wildman–Crippen LogP) is 2.55. The van der Waals surface area contributed by atoms with Crippen molar-refractivity contribution in [3.8, 4) is 0 Å². The smallest absolute Gasteiger partial charge is 0.151 e. The number of pyridine rings is 1. The molecule has 0 fully saturated rings. The van der Waals surface area contributed by atoms with E-state index in [1.807, 2.05) is 24.3 Å². The molecule has 2 rings (SSSR count). The lowest BCUT2D eigenvalue weighted by molar-refractivity contribution is 0.779. The maximum Gasteiger partial charge on any atom is 0.151 e. The van der Waals surface area contributed by atoms with Crippen LogP contribution in [0, 0.1) is 0 Å². The Labute approximate surface area is 105 Å². The van der Waals surface area contributed by atoms with Crippen LogP contribution in [-0.4, -0.2) is 21.7 Å². The average Bonchev–Trinajstić information content (AvgIpc) is 2.38. The van der Waals surface area contributed by atoms with Gasteiger partial charge in [0.1, 0.15) is 0 Å². The first-order chi connectivity index (χ1) is 8.29. The largest absolute Gasteiger partial charge is 0.350 e. The van der Waals surface area contributed by atoms with E-state index in [2.05, 4.69) is 27.0 Å². The monoisotopic (exact) mass is 248 g/mol. The van der Waals surface area contributed by atoms with Gasteiger partial charge < -0.3 is 4.90 Å². The Morgan fingerprint density at radius 1 is 1.18 bits per heavy atom. The Hall–Kier alpha value is -1.68. The van der Waals surface area contributed by atoms with Crippen molar-refractivity contribution in [1.29, 1.82) is 0 Å². The molecule has 2 heterocycles. The second-order valence-electron chi connectivity index (χ2n) is 3.55. The highest BCUT2D eigenvalue weighted by atomic mass is 35.5. The fraction of sp³-hybridized carbons (Fsp3) is 0.250. The van der Waals surface area contributed by atoms with E-state index in [9.17, 15) is 0 Å². The zero-order valence-corrected chi connectivity index (χ0v) is 10.3. The van der Waals surface area contributed by atoms with E-state index < -0.39 is 0 Å². The Morgan fingerprint density at radius 3 is 2.65 bits per heavy atom. The summed E-state index contributed by atoms with van der Waals surface area (Å²) < 4.78 is 0. The Morgan fingerprint density at radius 2 is 2.06 bits per heavy atom. The molecule has 0 N–H and O–H groups in total. The first-order valence-electron chi connectivity index (χ1n) is 5.43. The molecule has 0 bridgehead atoms. The van der Waals surface area contributed by atoms with Crippen molar-refractivity contribution < 1.29 is 0 Å². The summed E-state index contributed by atoms with van der Waals surface area (Å²) in [6, 6.07) is 9.48. The van der Waals surface area contributed by atoms with Crippen LogP contribution in [0.2, 0.25) is 5.15 Å². The van der Waals surface area contributed by atoms with E-state index in [1.54, 1.807) is 12.3 Å². The van der Waals surface area contributed by atoms with Gasteiger partial charge in [0.2, 0.25) is 0 Å². The molecule has 0 radical (unpaired) electrons. The summed E-state index contributed by atoms with van der Waals surface area (Å²) in [5.41, 5.74) is 1.01. The predicted molar refractivity (Wildman–Crippen MR) is 68.0 cm³/mol. The number of rotatable bonds is 4. The lowest BCUT2D eigenvalue weighted by atomic mass is 10.3. The van der Waals surface area contributed by atoms with Crippen LogP contribution in [0.4, 0.5) is 5.82 Å². The van der Waals surface area contributed by atoms with E-state index in [-0.39, 0.29) is 0 Å². The van der Waals surface area contributed by atoms with E-state index in [1.165, 1.54) is 0 Å². The van der Waals surface area contributed by atoms with E-state index >= 15 is 0 Å². The van der Waals surface area contributed by atoms with E-state index in [0.717, 1.165) is 18.1 Å². The third-order valence-electron chi connectivity index (χ3n) is 2.40. The zero-order chi connectivity index (χ0) is 12.1. The van der Waals surface area contributed by atoms with Crippen LogP contribution < -0.4 is 4.90 Å². The van der Waals surface area contributed by atoms with Crippen LogP contribution in [0.3, 0.4) is 0 Å². The van der Waals surface area contributed by atoms with Gasteiger partial charge in [-0.15, -0.1) is 10.2 Å². The molecule has 0 aliphatic heterocycles. The van der Waals surface area contributed by atoms with Crippen molar-refractivity contribution in [2.75, 3.05) is 11.4 Å². The van der Waals surface area contributed by atoms with E-state index in [4.69, 9.17) is 11.6 Å². The average molecular weight is 249 g/mol. The number of anilines is 1. The SMILES string of the molecule is CCN(Cc1ccccn1)c1ccc(Cl)nn1. The number of hydrogen-bond donors (Lipinski definition) is 0. The lowest BCUT2D eigenvalue weighted by Crippen LogP contribution is -2.23. The maximum absolute atomic E-state index is 5.72. The van der Waals surface area contributed by atoms with Crippen molar-refractivity contribution in [3.05, 3.63) is 47.4 Å². The molecule has 17 heavy (non-hydrogen) atoms. The van der Waals surface area contributed by atoms with Crippen LogP contribution in [0.15, 0.2) is 36.5 Å². The van der Waals surface area contributed by atoms with Gasteiger partial charge in [0.25, 0.3) is 0 Å². The molecule has 2 aromatic heterocycles. The van der Waals surface area contributed by atoms with Crippen molar-refractivity contribution in [2.45, 2.75) is 13.5 Å². The third-order valence-corrected chi connectivity index (χ3v) is 2.60. The molecule has 2 aromatic rings. The first kappa shape index (κ1) is 11.8. The summed E-state index contributed by atoms with van der Waals surface area (Å²) in [6.45, 7) is 3.62. The highest BCUT2D eigenvalue weighted by Gasteiger charge is 2.07. The van der Waals surface area contributed by atoms with Crippen molar-refractivity contribution in [3.63, 3.8) is 0 Å². The molecule has 0 amide bonds. The standard InChI is InChI=1S/C12H13ClN4/c1-2-17(9-10-5-3-4-8-14-10)12-7-6-11(13)15-16-12/h3-8H,2,9H2,1H3. The Kier molecular flexibility index (Phi) is 3.88. The van der Waals surface area contributed by atoms with E-state index in [0.29, 0.717) is 11.7 Å². The van der Waals surface area contributed by atoms with Gasteiger partial charge in [0.05, 0.1) is 12.2 Å². The third kappa shape index (κ3) is 3.14. The normalized spacial score (nSPS) is 10.2. The van der Waals surface area contributed by atoms with Crippen molar-refractivity contribution in [1.82, 2.24) is 15.2 Å². The fourth-order valence-electron chi connectivity index (χ4n) is 1.52. The highest BCUT2D eigenvalue weighted by Crippen LogP contribution is 2.13. The molecule has 0 saturated heterocycles. The summed E-state index contributed by atoms with van der Waals surface area (Å²) in [4.78, 5) is 6.38. The second-order valence-corrected chi connectivity index (χ2v) is 3.94. The molecule has 0 spiro atoms. The zero-order valence-electron chi connectivity index (χ0n) is 9.55. The fourth-order valence-corrected chi connectivity index (χ4v) is 1.62. The summed E-state index contributed by atoms with van der Waals surface area (Å²) in [7, 11) is 0. The van der Waals surface area contributed by atoms with Gasteiger partial charge in [-0.1, -0.05) is 17.7 Å². The van der Waals surface area contributed by atoms with Gasteiger partial charge in [-0.25, -0.2) is 0 Å². The Balaban J connectivity index is 2.14. The number of halogens is 1. The van der Waals surface area contributed by atoms with Gasteiger partial charge in [-0.3, -0.25) is 4.98 Å². The molecule has 0 atom stereocenters. The maximum atomic E-state index is 5.72. The molecule has 0 aromatic carbocycles. The summed E-state index contributed by atoms with van der Waals surface area (Å²) >= 11 is 5.72. The highest BCUT2D eigenvalue weighted by molar-refractivity contribution is 6.29. The minimum atomic E-state index is 0.405. The molecule has 5 heteroatoms. The second kappa shape index (κ2) is 5.59. The van der Waals surface area contributed by atoms with Crippen LogP contribution >= 0.6 is 11.6 Å². The molecule has 0 aliphatic rings. The summed E-state index contributed by atoms with van der Waals surface area (Å²) in [5.74, 6) is 0.808. The van der Waals surface area contributed by atoms with Crippen LogP contribution in [0.1, 0.15) is 12.6 Å². The van der Waals surface area contributed by atoms with Crippen LogP contribution in [0.25, 0.3) is 0 Å². The van der Waals surface area contributed by atoms with Crippen LogP contribution in [0.5, 0.6) is 0 Å². The minimum absolute atomic E-state index is 0.405. The Bertz CT molecular complexity index is 458.